The van der Waals surface area contributed by atoms with Crippen LogP contribution in [-0.4, -0.2) is 0 Å². The predicted octanol–water partition coefficient (Wildman–Crippen LogP) is 14.2. The normalized spacial score (nSPS) is 11.8. The molecule has 4 heteroatoms. The first-order valence-electron chi connectivity index (χ1n) is 17.5. The first-order chi connectivity index (χ1) is 25.8. The Kier molecular flexibility index (Phi) is 6.22. The van der Waals surface area contributed by atoms with Gasteiger partial charge in [-0.3, -0.25) is 0 Å². The number of hydrogen-bond acceptors (Lipinski definition) is 4. The Hall–Kier alpha value is -7.04. The summed E-state index contributed by atoms with van der Waals surface area (Å²) in [5, 5.41) is 6.56. The van der Waals surface area contributed by atoms with Crippen LogP contribution in [0.25, 0.3) is 88.1 Å². The summed E-state index contributed by atoms with van der Waals surface area (Å²) < 4.78 is 19.4. The Labute approximate surface area is 298 Å². The largest absolute Gasteiger partial charge is 0.456 e. The quantitative estimate of drug-likeness (QED) is 0.183. The summed E-state index contributed by atoms with van der Waals surface area (Å²) in [5.41, 5.74) is 12.7. The van der Waals surface area contributed by atoms with Crippen LogP contribution in [0.1, 0.15) is 0 Å². The maximum absolute atomic E-state index is 6.67. The summed E-state index contributed by atoms with van der Waals surface area (Å²) in [7, 11) is 0. The number of furan rings is 3. The molecule has 0 amide bonds. The smallest absolute Gasteiger partial charge is 0.143 e. The highest BCUT2D eigenvalue weighted by Crippen LogP contribution is 2.43. The molecule has 3 heterocycles. The molecule has 52 heavy (non-hydrogen) atoms. The Balaban J connectivity index is 1.03. The van der Waals surface area contributed by atoms with Crippen molar-refractivity contribution < 1.29 is 13.3 Å². The van der Waals surface area contributed by atoms with Crippen molar-refractivity contribution in [3.8, 4) is 22.3 Å². The zero-order chi connectivity index (χ0) is 34.2. The summed E-state index contributed by atoms with van der Waals surface area (Å²) >= 11 is 0. The molecule has 244 valence electrons. The van der Waals surface area contributed by atoms with Crippen molar-refractivity contribution >= 4 is 82.9 Å². The maximum Gasteiger partial charge on any atom is 0.143 e. The fourth-order valence-corrected chi connectivity index (χ4v) is 7.88. The van der Waals surface area contributed by atoms with Gasteiger partial charge in [0.1, 0.15) is 33.5 Å². The van der Waals surface area contributed by atoms with Crippen LogP contribution in [0.4, 0.5) is 17.1 Å². The second kappa shape index (κ2) is 11.2. The summed E-state index contributed by atoms with van der Waals surface area (Å²) in [6.07, 6.45) is 0. The van der Waals surface area contributed by atoms with E-state index in [1.807, 2.05) is 24.3 Å². The van der Waals surface area contributed by atoms with Crippen molar-refractivity contribution in [2.75, 3.05) is 4.90 Å². The highest BCUT2D eigenvalue weighted by molar-refractivity contribution is 6.17. The van der Waals surface area contributed by atoms with E-state index >= 15 is 0 Å². The highest BCUT2D eigenvalue weighted by Gasteiger charge is 2.19. The van der Waals surface area contributed by atoms with Gasteiger partial charge < -0.3 is 18.2 Å². The van der Waals surface area contributed by atoms with Gasteiger partial charge in [0.25, 0.3) is 0 Å². The van der Waals surface area contributed by atoms with Crippen molar-refractivity contribution in [1.29, 1.82) is 0 Å². The molecule has 0 bridgehead atoms. The zero-order valence-electron chi connectivity index (χ0n) is 27.9. The van der Waals surface area contributed by atoms with E-state index in [0.29, 0.717) is 0 Å². The molecule has 0 aliphatic carbocycles. The van der Waals surface area contributed by atoms with Crippen molar-refractivity contribution in [2.45, 2.75) is 0 Å². The lowest BCUT2D eigenvalue weighted by Crippen LogP contribution is -2.09. The molecule has 11 rings (SSSR count). The molecule has 0 spiro atoms. The summed E-state index contributed by atoms with van der Waals surface area (Å²) in [6.45, 7) is 0. The van der Waals surface area contributed by atoms with Crippen molar-refractivity contribution in [3.05, 3.63) is 176 Å². The average Bonchev–Trinajstić information content (AvgIpc) is 3.89. The standard InChI is InChI=1S/C48H29NO3/c1-3-11-32(12-4-1)49(33-13-5-2-6-14-33)34-23-26-43-41(29-34)39-25-22-31(28-46(39)51-43)36-17-9-18-40-47-35(16-10-20-44(47)52-48(36)40)30-21-24-38-37-15-7-8-19-42(37)50-45(38)27-30/h1-29H. The van der Waals surface area contributed by atoms with E-state index < -0.39 is 0 Å². The van der Waals surface area contributed by atoms with Crippen LogP contribution in [-0.2, 0) is 0 Å². The van der Waals surface area contributed by atoms with Gasteiger partial charge in [0.05, 0.1) is 0 Å². The first kappa shape index (κ1) is 28.8. The molecule has 0 N–H and O–H groups in total. The van der Waals surface area contributed by atoms with E-state index in [-0.39, 0.29) is 0 Å². The van der Waals surface area contributed by atoms with Gasteiger partial charge in [-0.1, -0.05) is 97.1 Å². The molecular formula is C48H29NO3. The van der Waals surface area contributed by atoms with Crippen LogP contribution in [0.5, 0.6) is 0 Å². The number of nitrogens with zero attached hydrogens (tertiary/aromatic N) is 1. The number of fused-ring (bicyclic) bond motifs is 9. The molecule has 4 nitrogen and oxygen atoms in total. The molecular weight excluding hydrogens is 639 g/mol. The Morgan fingerprint density at radius 1 is 0.308 bits per heavy atom. The minimum atomic E-state index is 0.837. The van der Waals surface area contributed by atoms with Crippen LogP contribution in [0.15, 0.2) is 189 Å². The molecule has 0 aliphatic rings. The third-order valence-corrected chi connectivity index (χ3v) is 10.3. The lowest BCUT2D eigenvalue weighted by Gasteiger charge is -2.25. The van der Waals surface area contributed by atoms with Crippen molar-refractivity contribution in [2.24, 2.45) is 0 Å². The Morgan fingerprint density at radius 3 is 1.62 bits per heavy atom. The van der Waals surface area contributed by atoms with Crippen LogP contribution < -0.4 is 4.90 Å². The minimum absolute atomic E-state index is 0.837. The van der Waals surface area contributed by atoms with E-state index in [1.165, 1.54) is 0 Å². The molecule has 3 aromatic heterocycles. The maximum atomic E-state index is 6.67. The van der Waals surface area contributed by atoms with E-state index in [0.717, 1.165) is 105 Å². The topological polar surface area (TPSA) is 42.7 Å². The SMILES string of the molecule is c1ccc(N(c2ccccc2)c2ccc3oc4cc(-c5cccc6c5oc5cccc(-c7ccc8c(c7)oc7ccccc78)c56)ccc4c3c2)cc1. The fourth-order valence-electron chi connectivity index (χ4n) is 7.88. The molecule has 0 atom stereocenters. The number of para-hydroxylation sites is 4. The molecule has 0 saturated heterocycles. The van der Waals surface area contributed by atoms with Crippen LogP contribution >= 0.6 is 0 Å². The van der Waals surface area contributed by atoms with Gasteiger partial charge in [0.2, 0.25) is 0 Å². The minimum Gasteiger partial charge on any atom is -0.456 e. The summed E-state index contributed by atoms with van der Waals surface area (Å²) in [6, 6.07) is 61.2. The first-order valence-corrected chi connectivity index (χ1v) is 17.5. The van der Waals surface area contributed by atoms with Crippen LogP contribution in [0, 0.1) is 0 Å². The molecule has 0 unspecified atom stereocenters. The van der Waals surface area contributed by atoms with Gasteiger partial charge in [0.15, 0.2) is 0 Å². The molecule has 0 fully saturated rings. The van der Waals surface area contributed by atoms with Gasteiger partial charge in [0, 0.05) is 54.9 Å². The number of benzene rings is 8. The third-order valence-electron chi connectivity index (χ3n) is 10.3. The number of anilines is 3. The van der Waals surface area contributed by atoms with Gasteiger partial charge in [-0.15, -0.1) is 0 Å². The molecule has 11 aromatic rings. The molecule has 0 radical (unpaired) electrons. The zero-order valence-corrected chi connectivity index (χ0v) is 27.9. The third kappa shape index (κ3) is 4.41. The van der Waals surface area contributed by atoms with Gasteiger partial charge in [-0.05, 0) is 95.6 Å². The Morgan fingerprint density at radius 2 is 0.865 bits per heavy atom. The monoisotopic (exact) mass is 667 g/mol. The predicted molar refractivity (Wildman–Crippen MR) is 214 cm³/mol. The highest BCUT2D eigenvalue weighted by atomic mass is 16.3. The second-order valence-electron chi connectivity index (χ2n) is 13.3. The van der Waals surface area contributed by atoms with Gasteiger partial charge in [-0.2, -0.15) is 0 Å². The summed E-state index contributed by atoms with van der Waals surface area (Å²) in [5.74, 6) is 0. The van der Waals surface area contributed by atoms with Crippen LogP contribution in [0.3, 0.4) is 0 Å². The van der Waals surface area contributed by atoms with E-state index in [4.69, 9.17) is 13.3 Å². The van der Waals surface area contributed by atoms with E-state index in [2.05, 4.69) is 157 Å². The summed E-state index contributed by atoms with van der Waals surface area (Å²) in [4.78, 5) is 2.28. The van der Waals surface area contributed by atoms with Crippen molar-refractivity contribution in [1.82, 2.24) is 0 Å². The number of hydrogen-bond donors (Lipinski definition) is 0. The van der Waals surface area contributed by atoms with Gasteiger partial charge in [-0.25, -0.2) is 0 Å². The molecule has 8 aromatic carbocycles. The lowest BCUT2D eigenvalue weighted by molar-refractivity contribution is 0.668. The molecule has 0 saturated carbocycles. The number of rotatable bonds is 5. The second-order valence-corrected chi connectivity index (χ2v) is 13.3. The fraction of sp³-hybridized carbons (Fsp3) is 0. The van der Waals surface area contributed by atoms with Crippen LogP contribution in [0.2, 0.25) is 0 Å². The molecule has 0 aliphatic heterocycles. The van der Waals surface area contributed by atoms with Crippen molar-refractivity contribution in [3.63, 3.8) is 0 Å². The van der Waals surface area contributed by atoms with E-state index in [9.17, 15) is 0 Å². The van der Waals surface area contributed by atoms with E-state index in [1.54, 1.807) is 0 Å². The van der Waals surface area contributed by atoms with Gasteiger partial charge >= 0.3 is 0 Å². The average molecular weight is 668 g/mol. The lowest BCUT2D eigenvalue weighted by atomic mass is 9.96. The Bertz CT molecular complexity index is 3090.